The first-order valence-electron chi connectivity index (χ1n) is 11.8. The summed E-state index contributed by atoms with van der Waals surface area (Å²) in [6.07, 6.45) is 10.8. The van der Waals surface area contributed by atoms with E-state index in [2.05, 4.69) is 13.0 Å². The molecule has 2 heterocycles. The van der Waals surface area contributed by atoms with Crippen LogP contribution in [0.25, 0.3) is 0 Å². The number of methoxy groups -OCH3 is 1. The zero-order valence-electron chi connectivity index (χ0n) is 17.7. The van der Waals surface area contributed by atoms with Gasteiger partial charge in [-0.2, -0.15) is 0 Å². The number of nitrogens with zero attached hydrogens (tertiary/aromatic N) is 2. The minimum atomic E-state index is -0.670. The first kappa shape index (κ1) is 18.6. The Kier molecular flexibility index (Phi) is 4.10. The Morgan fingerprint density at radius 2 is 2.14 bits per heavy atom. The van der Waals surface area contributed by atoms with Crippen LogP contribution in [0.4, 0.5) is 0 Å². The van der Waals surface area contributed by atoms with Crippen LogP contribution in [0.1, 0.15) is 58.3 Å². The average molecular weight is 399 g/mol. The molecule has 4 aliphatic carbocycles. The average Bonchev–Trinajstić information content (AvgIpc) is 2.94. The van der Waals surface area contributed by atoms with Crippen LogP contribution in [-0.4, -0.2) is 53.0 Å². The molecule has 9 atom stereocenters. The molecule has 1 saturated heterocycles. The van der Waals surface area contributed by atoms with Crippen LogP contribution < -0.4 is 0 Å². The molecule has 4 fully saturated rings. The van der Waals surface area contributed by atoms with Crippen LogP contribution in [0.15, 0.2) is 16.8 Å². The number of aliphatic imine (C=N–C) groups is 1. The SMILES string of the molecule is CO[C@H]1CCC[C@H]2C3C(C=C(N4CCC4=O)[C@H]12)[C@@]1(O)C[C@@H]3CC2=N[C@@H](C)CC[C@@H]21. The van der Waals surface area contributed by atoms with E-state index < -0.39 is 5.60 Å². The van der Waals surface area contributed by atoms with E-state index in [0.717, 1.165) is 38.6 Å². The van der Waals surface area contributed by atoms with E-state index in [-0.39, 0.29) is 23.8 Å². The number of likely N-dealkylation sites (tertiary alicyclic amines) is 1. The molecule has 5 heteroatoms. The van der Waals surface area contributed by atoms with E-state index >= 15 is 0 Å². The van der Waals surface area contributed by atoms with Crippen LogP contribution in [0.2, 0.25) is 0 Å². The normalized spacial score (nSPS) is 50.7. The molecular formula is C24H34N2O3. The second kappa shape index (κ2) is 6.40. The molecule has 0 aromatic rings. The topological polar surface area (TPSA) is 62.1 Å². The third kappa shape index (κ3) is 2.46. The molecule has 0 aromatic carbocycles. The maximum Gasteiger partial charge on any atom is 0.228 e. The summed E-state index contributed by atoms with van der Waals surface area (Å²) >= 11 is 0. The summed E-state index contributed by atoms with van der Waals surface area (Å²) in [5, 5.41) is 12.1. The standard InChI is InChI=1S/C24H34N2O3/c1-13-6-7-16-18(25-13)10-14-12-24(16,28)17-11-19(26-9-8-21(26)27)23-15(22(14)17)4-3-5-20(23)29-2/h11,13-17,20,22-23,28H,3-10,12H2,1-2H3/t13-,14-,15-,16-,17?,20-,22?,23+,24+/m0/s1. The highest BCUT2D eigenvalue weighted by atomic mass is 16.5. The van der Waals surface area contributed by atoms with Crippen molar-refractivity contribution in [2.75, 3.05) is 13.7 Å². The largest absolute Gasteiger partial charge is 0.389 e. The summed E-state index contributed by atoms with van der Waals surface area (Å²) in [6.45, 7) is 3.04. The van der Waals surface area contributed by atoms with Crippen LogP contribution in [0, 0.1) is 35.5 Å². The van der Waals surface area contributed by atoms with Crippen LogP contribution in [0.5, 0.6) is 0 Å². The highest BCUT2D eigenvalue weighted by Crippen LogP contribution is 2.64. The second-order valence-electron chi connectivity index (χ2n) is 10.6. The number of rotatable bonds is 2. The fraction of sp³-hybridized carbons (Fsp3) is 0.833. The van der Waals surface area contributed by atoms with Crippen molar-refractivity contribution in [2.45, 2.75) is 76.0 Å². The summed E-state index contributed by atoms with van der Waals surface area (Å²) in [4.78, 5) is 19.5. The molecule has 3 saturated carbocycles. The van der Waals surface area contributed by atoms with Gasteiger partial charge in [0.1, 0.15) is 0 Å². The van der Waals surface area contributed by atoms with Gasteiger partial charge in [0.2, 0.25) is 5.91 Å². The molecule has 0 spiro atoms. The lowest BCUT2D eigenvalue weighted by molar-refractivity contribution is -0.140. The molecule has 158 valence electrons. The second-order valence-corrected chi connectivity index (χ2v) is 10.6. The van der Waals surface area contributed by atoms with Crippen molar-refractivity contribution < 1.29 is 14.6 Å². The van der Waals surface area contributed by atoms with Gasteiger partial charge in [-0.25, -0.2) is 0 Å². The van der Waals surface area contributed by atoms with E-state index in [1.54, 1.807) is 0 Å². The summed E-state index contributed by atoms with van der Waals surface area (Å²) in [5.74, 6) is 2.49. The third-order valence-corrected chi connectivity index (χ3v) is 9.40. The highest BCUT2D eigenvalue weighted by Gasteiger charge is 2.65. The van der Waals surface area contributed by atoms with Crippen LogP contribution in [0.3, 0.4) is 0 Å². The predicted molar refractivity (Wildman–Crippen MR) is 110 cm³/mol. The Morgan fingerprint density at radius 3 is 2.86 bits per heavy atom. The third-order valence-electron chi connectivity index (χ3n) is 9.40. The lowest BCUT2D eigenvalue weighted by Crippen LogP contribution is -2.54. The summed E-state index contributed by atoms with van der Waals surface area (Å²) in [7, 11) is 1.83. The Hall–Kier alpha value is -1.20. The minimum Gasteiger partial charge on any atom is -0.389 e. The molecule has 1 amide bonds. The van der Waals surface area contributed by atoms with Gasteiger partial charge in [0.15, 0.2) is 0 Å². The summed E-state index contributed by atoms with van der Waals surface area (Å²) in [5.41, 5.74) is 1.81. The van der Waals surface area contributed by atoms with Gasteiger partial charge in [-0.3, -0.25) is 9.79 Å². The van der Waals surface area contributed by atoms with E-state index in [1.165, 1.54) is 24.3 Å². The van der Waals surface area contributed by atoms with Crippen molar-refractivity contribution in [2.24, 2.45) is 40.5 Å². The monoisotopic (exact) mass is 398 g/mol. The number of aliphatic hydroxyl groups is 1. The molecule has 0 aromatic heterocycles. The van der Waals surface area contributed by atoms with E-state index in [4.69, 9.17) is 9.73 Å². The number of carbonyl (C=O) groups is 1. The van der Waals surface area contributed by atoms with Gasteiger partial charge in [-0.05, 0) is 63.2 Å². The van der Waals surface area contributed by atoms with Crippen molar-refractivity contribution in [3.05, 3.63) is 11.8 Å². The number of ether oxygens (including phenoxy) is 1. The molecule has 1 N–H and O–H groups in total. The van der Waals surface area contributed by atoms with Gasteiger partial charge in [-0.15, -0.1) is 0 Å². The molecule has 2 aliphatic heterocycles. The fourth-order valence-corrected chi connectivity index (χ4v) is 8.24. The number of amides is 1. The Morgan fingerprint density at radius 1 is 1.28 bits per heavy atom. The van der Waals surface area contributed by atoms with Gasteiger partial charge in [0, 0.05) is 55.3 Å². The van der Waals surface area contributed by atoms with E-state index in [0.29, 0.717) is 36.1 Å². The maximum absolute atomic E-state index is 12.4. The molecule has 2 unspecified atom stereocenters. The van der Waals surface area contributed by atoms with Gasteiger partial charge >= 0.3 is 0 Å². The summed E-state index contributed by atoms with van der Waals surface area (Å²) in [6, 6.07) is 0.398. The highest BCUT2D eigenvalue weighted by molar-refractivity contribution is 5.90. The van der Waals surface area contributed by atoms with Gasteiger partial charge < -0.3 is 14.7 Å². The Bertz CT molecular complexity index is 791. The number of fused-ring (bicyclic) bond motifs is 9. The number of carbonyl (C=O) groups excluding carboxylic acids is 1. The first-order valence-corrected chi connectivity index (χ1v) is 11.8. The van der Waals surface area contributed by atoms with E-state index in [9.17, 15) is 9.90 Å². The predicted octanol–water partition coefficient (Wildman–Crippen LogP) is 3.17. The number of hydrogen-bond acceptors (Lipinski definition) is 4. The Balaban J connectivity index is 1.46. The van der Waals surface area contributed by atoms with Crippen LogP contribution >= 0.6 is 0 Å². The summed E-state index contributed by atoms with van der Waals surface area (Å²) < 4.78 is 5.97. The van der Waals surface area contributed by atoms with Crippen molar-refractivity contribution in [3.63, 3.8) is 0 Å². The van der Waals surface area contributed by atoms with Gasteiger partial charge in [0.25, 0.3) is 0 Å². The zero-order valence-corrected chi connectivity index (χ0v) is 17.7. The molecule has 0 radical (unpaired) electrons. The Labute approximate surface area is 173 Å². The minimum absolute atomic E-state index is 0.166. The molecule has 29 heavy (non-hydrogen) atoms. The lowest BCUT2D eigenvalue weighted by Gasteiger charge is -2.52. The smallest absolute Gasteiger partial charge is 0.228 e. The number of hydrogen-bond donors (Lipinski definition) is 1. The van der Waals surface area contributed by atoms with Crippen molar-refractivity contribution in [1.29, 1.82) is 0 Å². The fourth-order valence-electron chi connectivity index (χ4n) is 8.24. The van der Waals surface area contributed by atoms with Crippen molar-refractivity contribution >= 4 is 11.6 Å². The maximum atomic E-state index is 12.4. The molecule has 6 aliphatic rings. The van der Waals surface area contributed by atoms with Crippen LogP contribution in [-0.2, 0) is 9.53 Å². The molecular weight excluding hydrogens is 364 g/mol. The quantitative estimate of drug-likeness (QED) is 0.727. The van der Waals surface area contributed by atoms with Crippen molar-refractivity contribution in [3.8, 4) is 0 Å². The zero-order chi connectivity index (χ0) is 19.9. The lowest BCUT2D eigenvalue weighted by atomic mass is 9.60. The van der Waals surface area contributed by atoms with Crippen molar-refractivity contribution in [1.82, 2.24) is 4.90 Å². The van der Waals surface area contributed by atoms with E-state index in [1.807, 2.05) is 12.0 Å². The molecule has 5 nitrogen and oxygen atoms in total. The number of β-lactam (4-membered cyclic amide) rings is 1. The van der Waals surface area contributed by atoms with Gasteiger partial charge in [-0.1, -0.05) is 12.5 Å². The molecule has 2 bridgehead atoms. The van der Waals surface area contributed by atoms with Gasteiger partial charge in [0.05, 0.1) is 11.7 Å². The first-order chi connectivity index (χ1) is 14.0. The molecule has 6 rings (SSSR count).